The number of rotatable bonds is 9. The summed E-state index contributed by atoms with van der Waals surface area (Å²) in [6, 6.07) is 0.605. The standard InChI is InChI=1S/C12H27N3O/c1-4-11(5-2)15(10-8-13)9-6-7-12(16)14-3/h11H,4-10,13H2,1-3H3,(H,14,16). The molecule has 4 heteroatoms. The molecule has 96 valence electrons. The molecule has 0 aliphatic carbocycles. The molecule has 0 rings (SSSR count). The Bertz CT molecular complexity index is 181. The number of carbonyl (C=O) groups is 1. The third-order valence-electron chi connectivity index (χ3n) is 3.00. The van der Waals surface area contributed by atoms with Gasteiger partial charge in [0, 0.05) is 32.6 Å². The highest BCUT2D eigenvalue weighted by molar-refractivity contribution is 5.75. The van der Waals surface area contributed by atoms with Gasteiger partial charge in [0.15, 0.2) is 0 Å². The number of amides is 1. The molecule has 0 fully saturated rings. The van der Waals surface area contributed by atoms with Crippen LogP contribution in [0.15, 0.2) is 0 Å². The van der Waals surface area contributed by atoms with E-state index in [1.54, 1.807) is 7.05 Å². The first kappa shape index (κ1) is 15.4. The highest BCUT2D eigenvalue weighted by atomic mass is 16.1. The van der Waals surface area contributed by atoms with Crippen LogP contribution < -0.4 is 11.1 Å². The highest BCUT2D eigenvalue weighted by Crippen LogP contribution is 2.09. The van der Waals surface area contributed by atoms with E-state index in [9.17, 15) is 4.79 Å². The van der Waals surface area contributed by atoms with Crippen molar-refractivity contribution < 1.29 is 4.79 Å². The van der Waals surface area contributed by atoms with Crippen LogP contribution in [0.2, 0.25) is 0 Å². The van der Waals surface area contributed by atoms with Gasteiger partial charge in [-0.15, -0.1) is 0 Å². The van der Waals surface area contributed by atoms with E-state index in [2.05, 4.69) is 24.1 Å². The second-order valence-corrected chi connectivity index (χ2v) is 4.07. The maximum absolute atomic E-state index is 11.1. The molecule has 4 nitrogen and oxygen atoms in total. The normalized spacial score (nSPS) is 11.1. The van der Waals surface area contributed by atoms with Gasteiger partial charge in [0.05, 0.1) is 0 Å². The molecule has 0 aromatic heterocycles. The van der Waals surface area contributed by atoms with Crippen molar-refractivity contribution in [3.8, 4) is 0 Å². The topological polar surface area (TPSA) is 58.4 Å². The zero-order valence-electron chi connectivity index (χ0n) is 11.0. The fraction of sp³-hybridized carbons (Fsp3) is 0.917. The Kier molecular flexibility index (Phi) is 9.24. The second-order valence-electron chi connectivity index (χ2n) is 4.07. The SMILES string of the molecule is CCC(CC)N(CCN)CCCC(=O)NC. The molecule has 0 radical (unpaired) electrons. The van der Waals surface area contributed by atoms with Crippen LogP contribution in [0.25, 0.3) is 0 Å². The van der Waals surface area contributed by atoms with E-state index in [1.807, 2.05) is 0 Å². The van der Waals surface area contributed by atoms with E-state index in [0.29, 0.717) is 19.0 Å². The lowest BCUT2D eigenvalue weighted by Gasteiger charge is -2.29. The van der Waals surface area contributed by atoms with Crippen molar-refractivity contribution in [2.24, 2.45) is 5.73 Å². The molecule has 0 aliphatic rings. The fourth-order valence-electron chi connectivity index (χ4n) is 2.02. The Morgan fingerprint density at radius 3 is 2.38 bits per heavy atom. The summed E-state index contributed by atoms with van der Waals surface area (Å²) in [5, 5.41) is 2.65. The molecular formula is C12H27N3O. The van der Waals surface area contributed by atoms with Crippen molar-refractivity contribution in [2.45, 2.75) is 45.6 Å². The van der Waals surface area contributed by atoms with Crippen molar-refractivity contribution in [1.82, 2.24) is 10.2 Å². The zero-order valence-corrected chi connectivity index (χ0v) is 11.0. The summed E-state index contributed by atoms with van der Waals surface area (Å²) in [5.74, 6) is 0.122. The van der Waals surface area contributed by atoms with E-state index >= 15 is 0 Å². The summed E-state index contributed by atoms with van der Waals surface area (Å²) in [5.41, 5.74) is 5.61. The minimum atomic E-state index is 0.122. The van der Waals surface area contributed by atoms with E-state index in [4.69, 9.17) is 5.73 Å². The van der Waals surface area contributed by atoms with Crippen LogP contribution in [-0.2, 0) is 4.79 Å². The van der Waals surface area contributed by atoms with Gasteiger partial charge in [-0.2, -0.15) is 0 Å². The lowest BCUT2D eigenvalue weighted by atomic mass is 10.1. The number of nitrogens with one attached hydrogen (secondary N) is 1. The van der Waals surface area contributed by atoms with Gasteiger partial charge in [0.25, 0.3) is 0 Å². The molecule has 0 atom stereocenters. The predicted octanol–water partition coefficient (Wildman–Crippen LogP) is 0.962. The minimum absolute atomic E-state index is 0.122. The van der Waals surface area contributed by atoms with Crippen molar-refractivity contribution in [2.75, 3.05) is 26.7 Å². The summed E-state index contributed by atoms with van der Waals surface area (Å²) >= 11 is 0. The first-order valence-electron chi connectivity index (χ1n) is 6.34. The molecule has 0 aromatic carbocycles. The molecule has 16 heavy (non-hydrogen) atoms. The first-order valence-corrected chi connectivity index (χ1v) is 6.34. The Balaban J connectivity index is 3.97. The van der Waals surface area contributed by atoms with Crippen LogP contribution in [-0.4, -0.2) is 43.5 Å². The average molecular weight is 229 g/mol. The Morgan fingerprint density at radius 1 is 1.31 bits per heavy atom. The van der Waals surface area contributed by atoms with Crippen LogP contribution in [0, 0.1) is 0 Å². The predicted molar refractivity (Wildman–Crippen MR) is 68.3 cm³/mol. The van der Waals surface area contributed by atoms with E-state index < -0.39 is 0 Å². The molecule has 0 saturated carbocycles. The Morgan fingerprint density at radius 2 is 1.94 bits per heavy atom. The number of carbonyl (C=O) groups excluding carboxylic acids is 1. The van der Waals surface area contributed by atoms with Crippen LogP contribution in [0.4, 0.5) is 0 Å². The molecule has 3 N–H and O–H groups in total. The van der Waals surface area contributed by atoms with E-state index in [1.165, 1.54) is 0 Å². The molecule has 0 aliphatic heterocycles. The van der Waals surface area contributed by atoms with Crippen LogP contribution >= 0.6 is 0 Å². The van der Waals surface area contributed by atoms with Gasteiger partial charge in [0.2, 0.25) is 5.91 Å². The third-order valence-corrected chi connectivity index (χ3v) is 3.00. The van der Waals surface area contributed by atoms with Gasteiger partial charge >= 0.3 is 0 Å². The zero-order chi connectivity index (χ0) is 12.4. The smallest absolute Gasteiger partial charge is 0.219 e. The lowest BCUT2D eigenvalue weighted by molar-refractivity contribution is -0.120. The van der Waals surface area contributed by atoms with Crippen LogP contribution in [0.5, 0.6) is 0 Å². The average Bonchev–Trinajstić information content (AvgIpc) is 2.30. The second kappa shape index (κ2) is 9.60. The van der Waals surface area contributed by atoms with Gasteiger partial charge in [-0.25, -0.2) is 0 Å². The van der Waals surface area contributed by atoms with E-state index in [-0.39, 0.29) is 5.91 Å². The minimum Gasteiger partial charge on any atom is -0.359 e. The van der Waals surface area contributed by atoms with Gasteiger partial charge in [-0.05, 0) is 25.8 Å². The largest absolute Gasteiger partial charge is 0.359 e. The molecule has 1 amide bonds. The Hall–Kier alpha value is -0.610. The van der Waals surface area contributed by atoms with Crippen molar-refractivity contribution in [1.29, 1.82) is 0 Å². The van der Waals surface area contributed by atoms with Gasteiger partial charge in [-0.1, -0.05) is 13.8 Å². The number of nitrogens with two attached hydrogens (primary N) is 1. The highest BCUT2D eigenvalue weighted by Gasteiger charge is 2.13. The third kappa shape index (κ3) is 6.08. The molecule has 0 unspecified atom stereocenters. The summed E-state index contributed by atoms with van der Waals surface area (Å²) in [4.78, 5) is 13.5. The van der Waals surface area contributed by atoms with Crippen molar-refractivity contribution in [3.63, 3.8) is 0 Å². The van der Waals surface area contributed by atoms with Gasteiger partial charge in [-0.3, -0.25) is 9.69 Å². The maximum atomic E-state index is 11.1. The molecule has 0 saturated heterocycles. The fourth-order valence-corrected chi connectivity index (χ4v) is 2.02. The Labute approximate surface area is 99.6 Å². The summed E-state index contributed by atoms with van der Waals surface area (Å²) in [7, 11) is 1.68. The van der Waals surface area contributed by atoms with Gasteiger partial charge < -0.3 is 11.1 Å². The van der Waals surface area contributed by atoms with Crippen molar-refractivity contribution in [3.05, 3.63) is 0 Å². The first-order chi connectivity index (χ1) is 7.69. The van der Waals surface area contributed by atoms with Gasteiger partial charge in [0.1, 0.15) is 0 Å². The number of hydrogen-bond acceptors (Lipinski definition) is 3. The lowest BCUT2D eigenvalue weighted by Crippen LogP contribution is -2.39. The molecule has 0 aromatic rings. The quantitative estimate of drug-likeness (QED) is 0.619. The molecule has 0 heterocycles. The van der Waals surface area contributed by atoms with Crippen molar-refractivity contribution >= 4 is 5.91 Å². The summed E-state index contributed by atoms with van der Waals surface area (Å²) < 4.78 is 0. The monoisotopic (exact) mass is 229 g/mol. The van der Waals surface area contributed by atoms with Crippen LogP contribution in [0.3, 0.4) is 0 Å². The number of hydrogen-bond donors (Lipinski definition) is 2. The van der Waals surface area contributed by atoms with E-state index in [0.717, 1.165) is 32.4 Å². The number of nitrogens with zero attached hydrogens (tertiary/aromatic N) is 1. The summed E-state index contributed by atoms with van der Waals surface area (Å²) in [6.07, 6.45) is 3.82. The molecule has 0 bridgehead atoms. The molecular weight excluding hydrogens is 202 g/mol. The molecule has 0 spiro atoms. The maximum Gasteiger partial charge on any atom is 0.219 e. The van der Waals surface area contributed by atoms with Crippen LogP contribution in [0.1, 0.15) is 39.5 Å². The summed E-state index contributed by atoms with van der Waals surface area (Å²) in [6.45, 7) is 7.00.